The van der Waals surface area contributed by atoms with Crippen LogP contribution in [0.25, 0.3) is 0 Å². The van der Waals surface area contributed by atoms with E-state index in [4.69, 9.17) is 15.2 Å². The number of anilines is 1. The second-order valence-electron chi connectivity index (χ2n) is 4.65. The van der Waals surface area contributed by atoms with E-state index in [1.165, 1.54) is 0 Å². The molecular formula is C14H20N2O3. The zero-order chi connectivity index (χ0) is 13.8. The lowest BCUT2D eigenvalue weighted by atomic mass is 10.1. The summed E-state index contributed by atoms with van der Waals surface area (Å²) in [6.07, 6.45) is 0. The first kappa shape index (κ1) is 13.7. The first-order valence-corrected chi connectivity index (χ1v) is 6.54. The quantitative estimate of drug-likeness (QED) is 0.841. The largest absolute Gasteiger partial charge is 0.494 e. The van der Waals surface area contributed by atoms with Crippen molar-refractivity contribution in [3.63, 3.8) is 0 Å². The van der Waals surface area contributed by atoms with E-state index in [2.05, 4.69) is 0 Å². The molecule has 1 amide bonds. The maximum Gasteiger partial charge on any atom is 0.254 e. The van der Waals surface area contributed by atoms with Gasteiger partial charge in [0.1, 0.15) is 5.75 Å². The molecule has 1 aromatic rings. The third-order valence-electron chi connectivity index (χ3n) is 3.12. The Morgan fingerprint density at radius 3 is 3.00 bits per heavy atom. The third-order valence-corrected chi connectivity index (χ3v) is 3.12. The number of morpholine rings is 1. The van der Waals surface area contributed by atoms with Gasteiger partial charge in [-0.1, -0.05) is 0 Å². The van der Waals surface area contributed by atoms with Crippen LogP contribution in [0.15, 0.2) is 18.2 Å². The predicted molar refractivity (Wildman–Crippen MR) is 73.3 cm³/mol. The molecule has 1 heterocycles. The zero-order valence-corrected chi connectivity index (χ0v) is 11.4. The fourth-order valence-electron chi connectivity index (χ4n) is 2.19. The number of nitrogen functional groups attached to an aromatic ring is 1. The Morgan fingerprint density at radius 1 is 1.53 bits per heavy atom. The third kappa shape index (κ3) is 3.17. The highest BCUT2D eigenvalue weighted by Gasteiger charge is 2.25. The number of nitrogens with two attached hydrogens (primary N) is 1. The Balaban J connectivity index is 2.22. The van der Waals surface area contributed by atoms with Crippen LogP contribution >= 0.6 is 0 Å². The number of rotatable bonds is 3. The van der Waals surface area contributed by atoms with Crippen LogP contribution in [-0.2, 0) is 4.74 Å². The first-order chi connectivity index (χ1) is 9.11. The molecule has 5 nitrogen and oxygen atoms in total. The van der Waals surface area contributed by atoms with Crippen molar-refractivity contribution < 1.29 is 14.3 Å². The average molecular weight is 264 g/mol. The molecule has 0 unspecified atom stereocenters. The molecule has 1 saturated heterocycles. The molecule has 1 aromatic carbocycles. The van der Waals surface area contributed by atoms with Gasteiger partial charge < -0.3 is 20.1 Å². The molecule has 1 aliphatic heterocycles. The normalized spacial score (nSPS) is 19.3. The van der Waals surface area contributed by atoms with Crippen LogP contribution in [0.5, 0.6) is 5.75 Å². The van der Waals surface area contributed by atoms with E-state index in [-0.39, 0.29) is 11.9 Å². The standard InChI is InChI=1S/C14H20N2O3/c1-3-19-13-7-11(6-12(15)8-13)14(17)16-4-5-18-9-10(16)2/h6-8,10H,3-5,9,15H2,1-2H3/t10-/m1/s1. The summed E-state index contributed by atoms with van der Waals surface area (Å²) in [5.41, 5.74) is 6.92. The monoisotopic (exact) mass is 264 g/mol. The zero-order valence-electron chi connectivity index (χ0n) is 11.4. The summed E-state index contributed by atoms with van der Waals surface area (Å²) in [6, 6.07) is 5.23. The van der Waals surface area contributed by atoms with Crippen molar-refractivity contribution in [2.45, 2.75) is 19.9 Å². The van der Waals surface area contributed by atoms with Gasteiger partial charge in [-0.3, -0.25) is 4.79 Å². The molecule has 0 radical (unpaired) electrons. The maximum atomic E-state index is 12.5. The van der Waals surface area contributed by atoms with Crippen molar-refractivity contribution in [1.29, 1.82) is 0 Å². The molecule has 2 N–H and O–H groups in total. The van der Waals surface area contributed by atoms with E-state index in [1.54, 1.807) is 18.2 Å². The number of nitrogens with zero attached hydrogens (tertiary/aromatic N) is 1. The molecule has 1 atom stereocenters. The van der Waals surface area contributed by atoms with Crippen LogP contribution in [0.1, 0.15) is 24.2 Å². The molecule has 104 valence electrons. The van der Waals surface area contributed by atoms with Crippen LogP contribution in [0.4, 0.5) is 5.69 Å². The Morgan fingerprint density at radius 2 is 2.32 bits per heavy atom. The van der Waals surface area contributed by atoms with Crippen molar-refractivity contribution >= 4 is 11.6 Å². The van der Waals surface area contributed by atoms with E-state index >= 15 is 0 Å². The van der Waals surface area contributed by atoms with Gasteiger partial charge in [0.05, 0.1) is 25.9 Å². The number of hydrogen-bond acceptors (Lipinski definition) is 4. The van der Waals surface area contributed by atoms with Gasteiger partial charge in [-0.05, 0) is 26.0 Å². The Hall–Kier alpha value is -1.75. The highest BCUT2D eigenvalue weighted by Crippen LogP contribution is 2.21. The Labute approximate surface area is 113 Å². The molecular weight excluding hydrogens is 244 g/mol. The number of ether oxygens (including phenoxy) is 2. The number of carbonyl (C=O) groups is 1. The van der Waals surface area contributed by atoms with Gasteiger partial charge in [0.15, 0.2) is 0 Å². The van der Waals surface area contributed by atoms with Gasteiger partial charge in [0, 0.05) is 23.9 Å². The highest BCUT2D eigenvalue weighted by atomic mass is 16.5. The van der Waals surface area contributed by atoms with Crippen LogP contribution in [0.3, 0.4) is 0 Å². The van der Waals surface area contributed by atoms with Gasteiger partial charge in [-0.2, -0.15) is 0 Å². The van der Waals surface area contributed by atoms with Gasteiger partial charge in [0.25, 0.3) is 5.91 Å². The Kier molecular flexibility index (Phi) is 4.27. The number of carbonyl (C=O) groups excluding carboxylic acids is 1. The number of benzene rings is 1. The van der Waals surface area contributed by atoms with Crippen LogP contribution in [-0.4, -0.2) is 43.2 Å². The minimum Gasteiger partial charge on any atom is -0.494 e. The molecule has 0 aromatic heterocycles. The lowest BCUT2D eigenvalue weighted by molar-refractivity contribution is 0.00358. The average Bonchev–Trinajstić information content (AvgIpc) is 2.38. The smallest absolute Gasteiger partial charge is 0.254 e. The molecule has 19 heavy (non-hydrogen) atoms. The first-order valence-electron chi connectivity index (χ1n) is 6.54. The second-order valence-corrected chi connectivity index (χ2v) is 4.65. The summed E-state index contributed by atoms with van der Waals surface area (Å²) in [4.78, 5) is 14.3. The van der Waals surface area contributed by atoms with E-state index in [0.717, 1.165) is 0 Å². The Bertz CT molecular complexity index is 462. The summed E-state index contributed by atoms with van der Waals surface area (Å²) >= 11 is 0. The van der Waals surface area contributed by atoms with E-state index < -0.39 is 0 Å². The van der Waals surface area contributed by atoms with Crippen molar-refractivity contribution in [2.75, 3.05) is 32.1 Å². The van der Waals surface area contributed by atoms with Gasteiger partial charge in [0.2, 0.25) is 0 Å². The predicted octanol–water partition coefficient (Wildman–Crippen LogP) is 1.53. The fraction of sp³-hybridized carbons (Fsp3) is 0.500. The number of amides is 1. The molecule has 1 aliphatic rings. The van der Waals surface area contributed by atoms with Crippen molar-refractivity contribution in [1.82, 2.24) is 4.90 Å². The van der Waals surface area contributed by atoms with E-state index in [1.807, 2.05) is 18.7 Å². The molecule has 5 heteroatoms. The maximum absolute atomic E-state index is 12.5. The van der Waals surface area contributed by atoms with Crippen molar-refractivity contribution in [3.8, 4) is 5.75 Å². The van der Waals surface area contributed by atoms with Crippen molar-refractivity contribution in [2.24, 2.45) is 0 Å². The summed E-state index contributed by atoms with van der Waals surface area (Å²) in [7, 11) is 0. The topological polar surface area (TPSA) is 64.8 Å². The summed E-state index contributed by atoms with van der Waals surface area (Å²) in [5.74, 6) is 0.607. The fourth-order valence-corrected chi connectivity index (χ4v) is 2.19. The molecule has 0 bridgehead atoms. The van der Waals surface area contributed by atoms with E-state index in [9.17, 15) is 4.79 Å². The van der Waals surface area contributed by atoms with Gasteiger partial charge >= 0.3 is 0 Å². The minimum absolute atomic E-state index is 0.0240. The van der Waals surface area contributed by atoms with Crippen molar-refractivity contribution in [3.05, 3.63) is 23.8 Å². The molecule has 0 saturated carbocycles. The molecule has 1 fully saturated rings. The SMILES string of the molecule is CCOc1cc(N)cc(C(=O)N2CCOC[C@H]2C)c1. The lowest BCUT2D eigenvalue weighted by Gasteiger charge is -2.33. The van der Waals surface area contributed by atoms with E-state index in [0.29, 0.717) is 43.4 Å². The van der Waals surface area contributed by atoms with Gasteiger partial charge in [-0.25, -0.2) is 0 Å². The molecule has 2 rings (SSSR count). The summed E-state index contributed by atoms with van der Waals surface area (Å²) in [5, 5.41) is 0. The highest BCUT2D eigenvalue weighted by molar-refractivity contribution is 5.95. The molecule has 0 aliphatic carbocycles. The van der Waals surface area contributed by atoms with Crippen LogP contribution < -0.4 is 10.5 Å². The lowest BCUT2D eigenvalue weighted by Crippen LogP contribution is -2.47. The van der Waals surface area contributed by atoms with Crippen LogP contribution in [0, 0.1) is 0 Å². The van der Waals surface area contributed by atoms with Crippen LogP contribution in [0.2, 0.25) is 0 Å². The summed E-state index contributed by atoms with van der Waals surface area (Å²) < 4.78 is 10.8. The second kappa shape index (κ2) is 5.93. The number of hydrogen-bond donors (Lipinski definition) is 1. The minimum atomic E-state index is -0.0240. The molecule has 0 spiro atoms. The van der Waals surface area contributed by atoms with Gasteiger partial charge in [-0.15, -0.1) is 0 Å². The summed E-state index contributed by atoms with van der Waals surface area (Å²) in [6.45, 7) is 6.19.